The third-order valence-corrected chi connectivity index (χ3v) is 4.42. The van der Waals surface area contributed by atoms with Gasteiger partial charge in [0, 0.05) is 16.5 Å². The van der Waals surface area contributed by atoms with Gasteiger partial charge in [-0.25, -0.2) is 0 Å². The number of carbonyl (C=O) groups is 1. The van der Waals surface area contributed by atoms with Crippen LogP contribution >= 0.6 is 15.9 Å². The number of rotatable bonds is 5. The van der Waals surface area contributed by atoms with Crippen molar-refractivity contribution >= 4 is 21.7 Å². The van der Waals surface area contributed by atoms with E-state index in [2.05, 4.69) is 15.9 Å². The number of methoxy groups -OCH3 is 1. The normalized spacial score (nSPS) is 15.9. The topological polar surface area (TPSA) is 26.3 Å². The van der Waals surface area contributed by atoms with E-state index in [0.29, 0.717) is 6.42 Å². The van der Waals surface area contributed by atoms with E-state index in [9.17, 15) is 4.79 Å². The predicted molar refractivity (Wildman–Crippen MR) is 76.2 cm³/mol. The zero-order valence-corrected chi connectivity index (χ0v) is 12.3. The summed E-state index contributed by atoms with van der Waals surface area (Å²) in [5.41, 5.74) is 0.743. The third kappa shape index (κ3) is 3.35. The SMILES string of the molecule is COc1ccc(Br)c(C(=O)CCC2CCCC2)c1. The number of ether oxygens (including phenoxy) is 1. The molecular weight excluding hydrogens is 292 g/mol. The summed E-state index contributed by atoms with van der Waals surface area (Å²) in [7, 11) is 1.62. The summed E-state index contributed by atoms with van der Waals surface area (Å²) >= 11 is 3.44. The molecule has 0 amide bonds. The van der Waals surface area contributed by atoms with Gasteiger partial charge in [-0.15, -0.1) is 0 Å². The number of halogens is 1. The van der Waals surface area contributed by atoms with Crippen LogP contribution in [0.1, 0.15) is 48.9 Å². The molecule has 2 rings (SSSR count). The minimum absolute atomic E-state index is 0.215. The molecule has 0 aromatic heterocycles. The molecule has 1 aliphatic rings. The van der Waals surface area contributed by atoms with Crippen LogP contribution < -0.4 is 4.74 Å². The minimum atomic E-state index is 0.215. The first kappa shape index (κ1) is 13.6. The predicted octanol–water partition coefficient (Wildman–Crippen LogP) is 4.61. The fourth-order valence-corrected chi connectivity index (χ4v) is 3.08. The van der Waals surface area contributed by atoms with Crippen molar-refractivity contribution < 1.29 is 9.53 Å². The molecule has 1 saturated carbocycles. The summed E-state index contributed by atoms with van der Waals surface area (Å²) in [5.74, 6) is 1.72. The molecule has 3 heteroatoms. The Morgan fingerprint density at radius 2 is 2.11 bits per heavy atom. The minimum Gasteiger partial charge on any atom is -0.497 e. The van der Waals surface area contributed by atoms with Gasteiger partial charge in [0.05, 0.1) is 7.11 Å². The number of hydrogen-bond acceptors (Lipinski definition) is 2. The van der Waals surface area contributed by atoms with Crippen LogP contribution in [-0.4, -0.2) is 12.9 Å². The summed E-state index contributed by atoms with van der Waals surface area (Å²) in [6.45, 7) is 0. The van der Waals surface area contributed by atoms with Crippen LogP contribution in [0.15, 0.2) is 22.7 Å². The van der Waals surface area contributed by atoms with E-state index in [4.69, 9.17) is 4.74 Å². The Kier molecular flexibility index (Phi) is 4.81. The highest BCUT2D eigenvalue weighted by Crippen LogP contribution is 2.30. The van der Waals surface area contributed by atoms with Gasteiger partial charge in [0.25, 0.3) is 0 Å². The van der Waals surface area contributed by atoms with Gasteiger partial charge in [0.1, 0.15) is 5.75 Å². The Labute approximate surface area is 117 Å². The van der Waals surface area contributed by atoms with Crippen molar-refractivity contribution in [1.29, 1.82) is 0 Å². The first-order valence-electron chi connectivity index (χ1n) is 6.57. The molecular formula is C15H19BrO2. The van der Waals surface area contributed by atoms with E-state index < -0.39 is 0 Å². The quantitative estimate of drug-likeness (QED) is 0.742. The van der Waals surface area contributed by atoms with Gasteiger partial charge < -0.3 is 4.74 Å². The highest BCUT2D eigenvalue weighted by Gasteiger charge is 2.18. The lowest BCUT2D eigenvalue weighted by Gasteiger charge is -2.09. The first-order valence-corrected chi connectivity index (χ1v) is 7.36. The average Bonchev–Trinajstić information content (AvgIpc) is 2.89. The Morgan fingerprint density at radius 1 is 1.39 bits per heavy atom. The molecule has 0 heterocycles. The fourth-order valence-electron chi connectivity index (χ4n) is 2.61. The van der Waals surface area contributed by atoms with Gasteiger partial charge in [0.2, 0.25) is 0 Å². The number of carbonyl (C=O) groups excluding carboxylic acids is 1. The number of hydrogen-bond donors (Lipinski definition) is 0. The average molecular weight is 311 g/mol. The van der Waals surface area contributed by atoms with E-state index in [1.165, 1.54) is 25.7 Å². The van der Waals surface area contributed by atoms with Gasteiger partial charge in [-0.3, -0.25) is 4.79 Å². The zero-order chi connectivity index (χ0) is 13.0. The molecule has 1 fully saturated rings. The lowest BCUT2D eigenvalue weighted by Crippen LogP contribution is -2.04. The number of ketones is 1. The van der Waals surface area contributed by atoms with Crippen LogP contribution in [0.2, 0.25) is 0 Å². The van der Waals surface area contributed by atoms with E-state index in [-0.39, 0.29) is 5.78 Å². The standard InChI is InChI=1S/C15H19BrO2/c1-18-12-7-8-14(16)13(10-12)15(17)9-6-11-4-2-3-5-11/h7-8,10-11H,2-6,9H2,1H3. The molecule has 0 radical (unpaired) electrons. The summed E-state index contributed by atoms with van der Waals surface area (Å²) in [6, 6.07) is 5.56. The smallest absolute Gasteiger partial charge is 0.164 e. The maximum absolute atomic E-state index is 12.2. The number of benzene rings is 1. The van der Waals surface area contributed by atoms with Crippen molar-refractivity contribution in [3.8, 4) is 5.75 Å². The second-order valence-corrected chi connectivity index (χ2v) is 5.81. The summed E-state index contributed by atoms with van der Waals surface area (Å²) in [6.07, 6.45) is 6.95. The third-order valence-electron chi connectivity index (χ3n) is 3.73. The highest BCUT2D eigenvalue weighted by atomic mass is 79.9. The summed E-state index contributed by atoms with van der Waals surface area (Å²) in [4.78, 5) is 12.2. The van der Waals surface area contributed by atoms with Crippen LogP contribution in [-0.2, 0) is 0 Å². The van der Waals surface area contributed by atoms with E-state index in [1.54, 1.807) is 7.11 Å². The highest BCUT2D eigenvalue weighted by molar-refractivity contribution is 9.10. The van der Waals surface area contributed by atoms with Gasteiger partial charge in [0.15, 0.2) is 5.78 Å². The van der Waals surface area contributed by atoms with E-state index in [1.807, 2.05) is 18.2 Å². The number of Topliss-reactive ketones (excluding diaryl/α,β-unsaturated/α-hetero) is 1. The van der Waals surface area contributed by atoms with Crippen molar-refractivity contribution in [3.05, 3.63) is 28.2 Å². The molecule has 1 aromatic carbocycles. The van der Waals surface area contributed by atoms with E-state index >= 15 is 0 Å². The van der Waals surface area contributed by atoms with E-state index in [0.717, 1.165) is 28.1 Å². The van der Waals surface area contributed by atoms with Gasteiger partial charge in [-0.1, -0.05) is 41.6 Å². The molecule has 0 spiro atoms. The molecule has 2 nitrogen and oxygen atoms in total. The molecule has 0 unspecified atom stereocenters. The maximum Gasteiger partial charge on any atom is 0.164 e. The van der Waals surface area contributed by atoms with Crippen LogP contribution in [0.5, 0.6) is 5.75 Å². The first-order chi connectivity index (χ1) is 8.70. The molecule has 98 valence electrons. The van der Waals surface area contributed by atoms with Crippen LogP contribution in [0.4, 0.5) is 0 Å². The molecule has 1 aliphatic carbocycles. The molecule has 0 bridgehead atoms. The summed E-state index contributed by atoms with van der Waals surface area (Å²) < 4.78 is 6.03. The van der Waals surface area contributed by atoms with Gasteiger partial charge in [-0.2, -0.15) is 0 Å². The molecule has 0 aliphatic heterocycles. The Morgan fingerprint density at radius 3 is 2.78 bits per heavy atom. The molecule has 1 aromatic rings. The zero-order valence-electron chi connectivity index (χ0n) is 10.7. The van der Waals surface area contributed by atoms with Crippen molar-refractivity contribution in [1.82, 2.24) is 0 Å². The Hall–Kier alpha value is -0.830. The maximum atomic E-state index is 12.2. The summed E-state index contributed by atoms with van der Waals surface area (Å²) in [5, 5.41) is 0. The lowest BCUT2D eigenvalue weighted by molar-refractivity contribution is 0.0973. The largest absolute Gasteiger partial charge is 0.497 e. The molecule has 0 atom stereocenters. The Bertz CT molecular complexity index is 423. The molecule has 18 heavy (non-hydrogen) atoms. The molecule has 0 N–H and O–H groups in total. The monoisotopic (exact) mass is 310 g/mol. The van der Waals surface area contributed by atoms with Crippen molar-refractivity contribution in [2.45, 2.75) is 38.5 Å². The Balaban J connectivity index is 1.98. The second kappa shape index (κ2) is 6.37. The van der Waals surface area contributed by atoms with Crippen molar-refractivity contribution in [3.63, 3.8) is 0 Å². The van der Waals surface area contributed by atoms with Gasteiger partial charge >= 0.3 is 0 Å². The van der Waals surface area contributed by atoms with Gasteiger partial charge in [-0.05, 0) is 30.5 Å². The fraction of sp³-hybridized carbons (Fsp3) is 0.533. The van der Waals surface area contributed by atoms with Crippen LogP contribution in [0.3, 0.4) is 0 Å². The van der Waals surface area contributed by atoms with Crippen molar-refractivity contribution in [2.75, 3.05) is 7.11 Å². The second-order valence-electron chi connectivity index (χ2n) is 4.96. The van der Waals surface area contributed by atoms with Crippen LogP contribution in [0, 0.1) is 5.92 Å². The van der Waals surface area contributed by atoms with Crippen molar-refractivity contribution in [2.24, 2.45) is 5.92 Å². The van der Waals surface area contributed by atoms with Crippen LogP contribution in [0.25, 0.3) is 0 Å². The molecule has 0 saturated heterocycles. The lowest BCUT2D eigenvalue weighted by atomic mass is 9.97.